The molecule has 0 aliphatic carbocycles. The van der Waals surface area contributed by atoms with Gasteiger partial charge in [0.25, 0.3) is 0 Å². The van der Waals surface area contributed by atoms with Crippen LogP contribution in [0.25, 0.3) is 0 Å². The van der Waals surface area contributed by atoms with Gasteiger partial charge in [-0.3, -0.25) is 37.3 Å². The Morgan fingerprint density at radius 2 is 0.451 bits per heavy atom. The third-order valence-electron chi connectivity index (χ3n) is 19.5. The first-order valence-electron chi connectivity index (χ1n) is 43.0. The number of rotatable bonds is 82. The molecule has 0 aliphatic rings. The van der Waals surface area contributed by atoms with Gasteiger partial charge in [-0.1, -0.05) is 388 Å². The zero-order valence-corrected chi connectivity index (χ0v) is 68.7. The maximum atomic E-state index is 13.1. The minimum atomic E-state index is -4.96. The Morgan fingerprint density at radius 3 is 0.667 bits per heavy atom. The van der Waals surface area contributed by atoms with Crippen molar-refractivity contribution in [2.45, 2.75) is 458 Å². The van der Waals surface area contributed by atoms with Gasteiger partial charge in [-0.15, -0.1) is 0 Å². The molecule has 0 spiro atoms. The summed E-state index contributed by atoms with van der Waals surface area (Å²) >= 11 is 0. The topological polar surface area (TPSA) is 237 Å². The van der Waals surface area contributed by atoms with E-state index in [4.69, 9.17) is 37.0 Å². The van der Waals surface area contributed by atoms with Crippen molar-refractivity contribution in [3.63, 3.8) is 0 Å². The lowest BCUT2D eigenvalue weighted by Crippen LogP contribution is -2.30. The van der Waals surface area contributed by atoms with E-state index in [1.807, 2.05) is 0 Å². The van der Waals surface area contributed by atoms with Crippen LogP contribution in [0.15, 0.2) is 0 Å². The lowest BCUT2D eigenvalue weighted by Gasteiger charge is -2.21. The Kier molecular flexibility index (Phi) is 73.1. The summed E-state index contributed by atoms with van der Waals surface area (Å²) in [6.07, 6.45) is 65.3. The van der Waals surface area contributed by atoms with Gasteiger partial charge in [0.2, 0.25) is 0 Å². The monoisotopic (exact) mass is 1490 g/mol. The summed E-state index contributed by atoms with van der Waals surface area (Å²) in [6, 6.07) is 0. The standard InChI is InChI=1S/C83H162O17P2/c1-7-9-11-13-15-17-19-20-21-22-23-24-25-26-27-28-31-36-43-49-55-61-67-82(87)99-78(72-94-81(86)66-60-54-48-42-35-32-29-30-34-39-45-51-57-63-75(3)4)73-97-101(89,90)95-69-77(84)70-96-102(91,92)98-74-79(71-93-80(85)65-59-53-47-41-33-18-16-14-12-10-8-2)100-83(88)68-62-56-50-44-38-37-40-46-52-58-64-76(5)6/h75-79,84H,7-74H2,1-6H3,(H,89,90)(H,91,92)/t77-,78-,79-/m1/s1. The first kappa shape index (κ1) is 100. The second-order valence-corrected chi connectivity index (χ2v) is 33.7. The van der Waals surface area contributed by atoms with E-state index in [9.17, 15) is 43.2 Å². The van der Waals surface area contributed by atoms with Crippen LogP contribution in [0.3, 0.4) is 0 Å². The molecule has 17 nitrogen and oxygen atoms in total. The predicted molar refractivity (Wildman–Crippen MR) is 418 cm³/mol. The van der Waals surface area contributed by atoms with Gasteiger partial charge in [-0.25, -0.2) is 9.13 Å². The fraction of sp³-hybridized carbons (Fsp3) is 0.952. The Morgan fingerprint density at radius 1 is 0.265 bits per heavy atom. The predicted octanol–water partition coefficient (Wildman–Crippen LogP) is 25.1. The number of aliphatic hydroxyl groups excluding tert-OH is 1. The summed E-state index contributed by atoms with van der Waals surface area (Å²) in [5.74, 6) is -0.564. The van der Waals surface area contributed by atoms with E-state index < -0.39 is 97.5 Å². The molecule has 0 bridgehead atoms. The minimum Gasteiger partial charge on any atom is -0.462 e. The van der Waals surface area contributed by atoms with Gasteiger partial charge in [0.1, 0.15) is 19.3 Å². The van der Waals surface area contributed by atoms with Crippen LogP contribution in [-0.4, -0.2) is 96.7 Å². The van der Waals surface area contributed by atoms with Crippen LogP contribution in [0.1, 0.15) is 440 Å². The van der Waals surface area contributed by atoms with E-state index in [1.165, 1.54) is 257 Å². The molecule has 0 aliphatic heterocycles. The highest BCUT2D eigenvalue weighted by Crippen LogP contribution is 2.45. The van der Waals surface area contributed by atoms with Gasteiger partial charge < -0.3 is 33.8 Å². The lowest BCUT2D eigenvalue weighted by molar-refractivity contribution is -0.161. The molecule has 0 aromatic carbocycles. The van der Waals surface area contributed by atoms with E-state index in [0.29, 0.717) is 25.7 Å². The zero-order valence-electron chi connectivity index (χ0n) is 66.9. The Labute approximate surface area is 626 Å². The molecule has 0 saturated carbocycles. The number of hydrogen-bond donors (Lipinski definition) is 3. The quantitative estimate of drug-likeness (QED) is 0.0222. The molecule has 0 heterocycles. The van der Waals surface area contributed by atoms with Gasteiger partial charge in [-0.2, -0.15) is 0 Å². The molecule has 606 valence electrons. The number of phosphoric ester groups is 2. The molecular formula is C83H162O17P2. The summed E-state index contributed by atoms with van der Waals surface area (Å²) in [6.45, 7) is 9.65. The lowest BCUT2D eigenvalue weighted by atomic mass is 10.0. The number of phosphoric acid groups is 2. The van der Waals surface area contributed by atoms with Crippen molar-refractivity contribution < 1.29 is 80.2 Å². The van der Waals surface area contributed by atoms with Gasteiger partial charge in [-0.05, 0) is 37.5 Å². The van der Waals surface area contributed by atoms with E-state index in [1.54, 1.807) is 0 Å². The van der Waals surface area contributed by atoms with Crippen LogP contribution in [0.5, 0.6) is 0 Å². The SMILES string of the molecule is CCCCCCCCCCCCCCCCCCCCCCCCC(=O)O[C@H](COC(=O)CCCCCCCCCCCCCCCC(C)C)COP(=O)(O)OC[C@@H](O)COP(=O)(O)OC[C@@H](COC(=O)CCCCCCCCCCCCC)OC(=O)CCCCCCCCCCCCC(C)C. The van der Waals surface area contributed by atoms with Crippen LogP contribution in [0.4, 0.5) is 0 Å². The third-order valence-corrected chi connectivity index (χ3v) is 21.4. The van der Waals surface area contributed by atoms with Crippen molar-refractivity contribution in [2.75, 3.05) is 39.6 Å². The first-order chi connectivity index (χ1) is 49.4. The molecule has 102 heavy (non-hydrogen) atoms. The maximum Gasteiger partial charge on any atom is 0.472 e. The fourth-order valence-electron chi connectivity index (χ4n) is 12.9. The molecule has 19 heteroatoms. The Bertz CT molecular complexity index is 1960. The van der Waals surface area contributed by atoms with Crippen LogP contribution in [0.2, 0.25) is 0 Å². The van der Waals surface area contributed by atoms with Crippen molar-refractivity contribution in [2.24, 2.45) is 11.8 Å². The summed E-state index contributed by atoms with van der Waals surface area (Å²) < 4.78 is 68.8. The van der Waals surface area contributed by atoms with Gasteiger partial charge in [0, 0.05) is 25.7 Å². The van der Waals surface area contributed by atoms with Crippen molar-refractivity contribution in [3.8, 4) is 0 Å². The number of carbonyl (C=O) groups is 4. The number of unbranched alkanes of at least 4 members (excludes halogenated alkanes) is 52. The Hall–Kier alpha value is -1.94. The fourth-order valence-corrected chi connectivity index (χ4v) is 14.5. The molecule has 0 fully saturated rings. The molecule has 0 aromatic heterocycles. The summed E-state index contributed by atoms with van der Waals surface area (Å²) in [4.78, 5) is 73.1. The normalized spacial score (nSPS) is 13.9. The van der Waals surface area contributed by atoms with Gasteiger partial charge >= 0.3 is 39.5 Å². The second kappa shape index (κ2) is 74.5. The summed E-state index contributed by atoms with van der Waals surface area (Å²) in [5, 5.41) is 10.7. The molecule has 5 atom stereocenters. The number of esters is 4. The summed E-state index contributed by atoms with van der Waals surface area (Å²) in [7, 11) is -9.92. The van der Waals surface area contributed by atoms with Crippen molar-refractivity contribution >= 4 is 39.5 Å². The van der Waals surface area contributed by atoms with Crippen LogP contribution >= 0.6 is 15.6 Å². The molecule has 0 aromatic rings. The molecule has 0 saturated heterocycles. The average molecular weight is 1490 g/mol. The highest BCUT2D eigenvalue weighted by atomic mass is 31.2. The summed E-state index contributed by atoms with van der Waals surface area (Å²) in [5.41, 5.74) is 0. The highest BCUT2D eigenvalue weighted by molar-refractivity contribution is 7.47. The van der Waals surface area contributed by atoms with Gasteiger partial charge in [0.15, 0.2) is 12.2 Å². The largest absolute Gasteiger partial charge is 0.472 e. The number of ether oxygens (including phenoxy) is 4. The molecule has 0 amide bonds. The van der Waals surface area contributed by atoms with E-state index >= 15 is 0 Å². The third kappa shape index (κ3) is 76.3. The zero-order chi connectivity index (χ0) is 74.9. The average Bonchev–Trinajstić information content (AvgIpc) is 0.936. The highest BCUT2D eigenvalue weighted by Gasteiger charge is 2.30. The van der Waals surface area contributed by atoms with Crippen molar-refractivity contribution in [1.29, 1.82) is 0 Å². The first-order valence-corrected chi connectivity index (χ1v) is 46.0. The molecule has 3 N–H and O–H groups in total. The second-order valence-electron chi connectivity index (χ2n) is 30.8. The number of aliphatic hydroxyl groups is 1. The van der Waals surface area contributed by atoms with Crippen LogP contribution in [-0.2, 0) is 65.4 Å². The van der Waals surface area contributed by atoms with Crippen LogP contribution < -0.4 is 0 Å². The van der Waals surface area contributed by atoms with Crippen molar-refractivity contribution in [3.05, 3.63) is 0 Å². The van der Waals surface area contributed by atoms with Crippen LogP contribution in [0, 0.1) is 11.8 Å². The maximum absolute atomic E-state index is 13.1. The number of carbonyl (C=O) groups excluding carboxylic acids is 4. The Balaban J connectivity index is 5.22. The number of hydrogen-bond acceptors (Lipinski definition) is 15. The molecule has 0 radical (unpaired) electrons. The van der Waals surface area contributed by atoms with Gasteiger partial charge in [0.05, 0.1) is 26.4 Å². The molecule has 2 unspecified atom stereocenters. The van der Waals surface area contributed by atoms with E-state index in [-0.39, 0.29) is 25.7 Å². The minimum absolute atomic E-state index is 0.106. The van der Waals surface area contributed by atoms with Crippen molar-refractivity contribution in [1.82, 2.24) is 0 Å². The van der Waals surface area contributed by atoms with E-state index in [0.717, 1.165) is 102 Å². The smallest absolute Gasteiger partial charge is 0.462 e. The molecule has 0 rings (SSSR count). The molecular weight excluding hydrogens is 1330 g/mol. The van der Waals surface area contributed by atoms with E-state index in [2.05, 4.69) is 41.5 Å².